The van der Waals surface area contributed by atoms with Crippen LogP contribution in [0, 0.1) is 41.4 Å². The van der Waals surface area contributed by atoms with E-state index in [1.165, 1.54) is 12.0 Å². The summed E-state index contributed by atoms with van der Waals surface area (Å²) in [5, 5.41) is 23.5. The largest absolute Gasteiger partial charge is 0.460 e. The lowest BCUT2D eigenvalue weighted by molar-refractivity contribution is -0.265. The summed E-state index contributed by atoms with van der Waals surface area (Å²) in [5.74, 6) is -7.00. The molecule has 2 saturated heterocycles. The van der Waals surface area contributed by atoms with Gasteiger partial charge >= 0.3 is 5.97 Å². The fourth-order valence-corrected chi connectivity index (χ4v) is 10.9. The Hall–Kier alpha value is -3.33. The van der Waals surface area contributed by atoms with Crippen LogP contribution in [0.1, 0.15) is 145 Å². The van der Waals surface area contributed by atoms with E-state index in [1.807, 2.05) is 58.1 Å². The van der Waals surface area contributed by atoms with Crippen LogP contribution in [-0.2, 0) is 47.7 Å². The van der Waals surface area contributed by atoms with Gasteiger partial charge in [0.1, 0.15) is 30.1 Å². The van der Waals surface area contributed by atoms with E-state index in [0.717, 1.165) is 37.7 Å². The van der Waals surface area contributed by atoms with E-state index in [1.54, 1.807) is 41.1 Å². The molecule has 3 aliphatic heterocycles. The molecule has 0 spiro atoms. The number of nitrogens with zero attached hydrogens (tertiary/aromatic N) is 1. The standard InChI is InChI=1S/C54H85NO12/c1-12-18-41-24-23-40(30-47(41)64-10)29-36(5)46-32-44(56)35(4)28-38(7)49(58)50(65-11)48(57)37(6)27-33(2)19-14-13-15-20-34(3)45(63-9)31-42-25-22-39(8)54(62,67-42)51(59)52(60)55-26-17-16-21-43(55)53(61)66-46/h13-15,19-20,28,33,35-37,39-43,45-47,49-50,58,62H,12,16-18,21-27,29-32H2,1-11H3/b15-13+,19-14+,34-20+,38-28+/t33-,35-,36-,37-,39-,40+,41?,42?,43?,45+,46+,47-,49-,50+,54-/m1/s1. The molecule has 0 radical (unpaired) electrons. The third-order valence-corrected chi connectivity index (χ3v) is 15.3. The number of amides is 1. The molecule has 2 bridgehead atoms. The van der Waals surface area contributed by atoms with Crippen LogP contribution in [0.15, 0.2) is 47.6 Å². The number of aliphatic hydroxyl groups is 2. The molecular weight excluding hydrogens is 855 g/mol. The molecule has 2 N–H and O–H groups in total. The van der Waals surface area contributed by atoms with Crippen molar-refractivity contribution in [2.75, 3.05) is 27.9 Å². The predicted octanol–water partition coefficient (Wildman–Crippen LogP) is 8.24. The van der Waals surface area contributed by atoms with Gasteiger partial charge in [-0.05, 0) is 119 Å². The van der Waals surface area contributed by atoms with Crippen LogP contribution in [0.25, 0.3) is 0 Å². The van der Waals surface area contributed by atoms with Gasteiger partial charge in [-0.1, -0.05) is 84.4 Å². The van der Waals surface area contributed by atoms with Crippen molar-refractivity contribution in [3.05, 3.63) is 47.6 Å². The molecule has 378 valence electrons. The maximum atomic E-state index is 14.5. The minimum atomic E-state index is -2.41. The zero-order chi connectivity index (χ0) is 49.6. The fraction of sp³-hybridized carbons (Fsp3) is 0.759. The Morgan fingerprint density at radius 1 is 0.866 bits per heavy atom. The lowest BCUT2D eigenvalue weighted by Gasteiger charge is -2.42. The van der Waals surface area contributed by atoms with Gasteiger partial charge < -0.3 is 38.8 Å². The number of rotatable bonds is 8. The molecule has 1 aliphatic carbocycles. The second kappa shape index (κ2) is 26.6. The molecule has 0 aromatic heterocycles. The van der Waals surface area contributed by atoms with Gasteiger partial charge in [-0.25, -0.2) is 4.79 Å². The highest BCUT2D eigenvalue weighted by atomic mass is 16.6. The number of methoxy groups -OCH3 is 3. The fourth-order valence-electron chi connectivity index (χ4n) is 10.9. The summed E-state index contributed by atoms with van der Waals surface area (Å²) in [5.41, 5.74) is 1.30. The molecule has 67 heavy (non-hydrogen) atoms. The summed E-state index contributed by atoms with van der Waals surface area (Å²) in [6.07, 6.45) is 15.9. The van der Waals surface area contributed by atoms with Crippen molar-refractivity contribution < 1.29 is 57.9 Å². The molecule has 4 aliphatic rings. The summed E-state index contributed by atoms with van der Waals surface area (Å²) in [4.78, 5) is 72.2. The van der Waals surface area contributed by atoms with Crippen LogP contribution in [-0.4, -0.2) is 121 Å². The van der Waals surface area contributed by atoms with Gasteiger partial charge in [0.2, 0.25) is 5.79 Å². The summed E-state index contributed by atoms with van der Waals surface area (Å²) >= 11 is 0. The molecule has 3 heterocycles. The molecule has 3 unspecified atom stereocenters. The second-order valence-electron chi connectivity index (χ2n) is 20.6. The van der Waals surface area contributed by atoms with Crippen molar-refractivity contribution in [3.8, 4) is 0 Å². The maximum Gasteiger partial charge on any atom is 0.329 e. The number of aliphatic hydroxyl groups excluding tert-OH is 1. The monoisotopic (exact) mass is 940 g/mol. The van der Waals surface area contributed by atoms with Crippen LogP contribution < -0.4 is 0 Å². The smallest absolute Gasteiger partial charge is 0.329 e. The molecule has 13 nitrogen and oxygen atoms in total. The van der Waals surface area contributed by atoms with Crippen molar-refractivity contribution in [1.82, 2.24) is 4.90 Å². The molecule has 4 rings (SSSR count). The number of carbonyl (C=O) groups excluding carboxylic acids is 5. The maximum absolute atomic E-state index is 14.5. The zero-order valence-electron chi connectivity index (χ0n) is 42.6. The van der Waals surface area contributed by atoms with Crippen LogP contribution in [0.2, 0.25) is 0 Å². The Morgan fingerprint density at radius 2 is 1.60 bits per heavy atom. The Morgan fingerprint density at radius 3 is 2.27 bits per heavy atom. The topological polar surface area (TPSA) is 175 Å². The average molecular weight is 940 g/mol. The normalized spacial score (nSPS) is 39.6. The zero-order valence-corrected chi connectivity index (χ0v) is 42.6. The first kappa shape index (κ1) is 56.3. The van der Waals surface area contributed by atoms with Crippen LogP contribution >= 0.6 is 0 Å². The number of piperidine rings is 1. The van der Waals surface area contributed by atoms with Crippen molar-refractivity contribution in [2.45, 2.75) is 194 Å². The lowest BCUT2D eigenvalue weighted by Crippen LogP contribution is -2.61. The van der Waals surface area contributed by atoms with Gasteiger partial charge in [0.25, 0.3) is 11.7 Å². The van der Waals surface area contributed by atoms with Gasteiger partial charge in [0.05, 0.1) is 18.3 Å². The molecule has 0 aromatic rings. The third kappa shape index (κ3) is 15.1. The molecule has 1 amide bonds. The number of ether oxygens (including phenoxy) is 5. The minimum Gasteiger partial charge on any atom is -0.460 e. The van der Waals surface area contributed by atoms with Crippen molar-refractivity contribution in [3.63, 3.8) is 0 Å². The first-order valence-corrected chi connectivity index (χ1v) is 25.3. The third-order valence-electron chi connectivity index (χ3n) is 15.3. The van der Waals surface area contributed by atoms with Gasteiger partial charge in [0.15, 0.2) is 5.78 Å². The summed E-state index contributed by atoms with van der Waals surface area (Å²) in [6, 6.07) is -1.11. The van der Waals surface area contributed by atoms with E-state index < -0.39 is 77.8 Å². The van der Waals surface area contributed by atoms with Crippen molar-refractivity contribution in [2.24, 2.45) is 41.4 Å². The molecule has 15 atom stereocenters. The highest BCUT2D eigenvalue weighted by Crippen LogP contribution is 2.39. The number of Topliss-reactive ketones (excluding diaryl/α,β-unsaturated/α-hetero) is 3. The van der Waals surface area contributed by atoms with Crippen LogP contribution in [0.4, 0.5) is 0 Å². The van der Waals surface area contributed by atoms with Crippen molar-refractivity contribution in [1.29, 1.82) is 0 Å². The Labute approximate surface area is 401 Å². The summed E-state index contributed by atoms with van der Waals surface area (Å²) < 4.78 is 29.9. The summed E-state index contributed by atoms with van der Waals surface area (Å²) in [6.45, 7) is 15.1. The number of fused-ring (bicyclic) bond motifs is 3. The van der Waals surface area contributed by atoms with Crippen LogP contribution in [0.5, 0.6) is 0 Å². The Kier molecular flexibility index (Phi) is 22.3. The molecule has 3 fully saturated rings. The van der Waals surface area contributed by atoms with Gasteiger partial charge in [0, 0.05) is 58.5 Å². The van der Waals surface area contributed by atoms with E-state index in [9.17, 15) is 34.2 Å². The van der Waals surface area contributed by atoms with Crippen LogP contribution in [0.3, 0.4) is 0 Å². The number of allylic oxidation sites excluding steroid dienone is 6. The number of cyclic esters (lactones) is 1. The average Bonchev–Trinajstić information content (AvgIpc) is 3.30. The number of esters is 1. The Bertz CT molecular complexity index is 1790. The molecule has 13 heteroatoms. The van der Waals surface area contributed by atoms with Gasteiger partial charge in [-0.15, -0.1) is 0 Å². The highest BCUT2D eigenvalue weighted by molar-refractivity contribution is 6.39. The van der Waals surface area contributed by atoms with E-state index in [2.05, 4.69) is 6.92 Å². The van der Waals surface area contributed by atoms with E-state index in [0.29, 0.717) is 56.4 Å². The quantitative estimate of drug-likeness (QED) is 0.136. The summed E-state index contributed by atoms with van der Waals surface area (Å²) in [7, 11) is 4.74. The number of hydrogen-bond acceptors (Lipinski definition) is 12. The number of ketones is 3. The minimum absolute atomic E-state index is 0.0298. The predicted molar refractivity (Wildman–Crippen MR) is 258 cm³/mol. The molecule has 1 saturated carbocycles. The second-order valence-corrected chi connectivity index (χ2v) is 20.6. The van der Waals surface area contributed by atoms with Gasteiger partial charge in [-0.3, -0.25) is 19.2 Å². The lowest BCUT2D eigenvalue weighted by atomic mass is 9.74. The first-order chi connectivity index (χ1) is 31.8. The van der Waals surface area contributed by atoms with E-state index in [-0.39, 0.29) is 54.8 Å². The first-order valence-electron chi connectivity index (χ1n) is 25.3. The number of carbonyl (C=O) groups is 5. The van der Waals surface area contributed by atoms with Gasteiger partial charge in [-0.2, -0.15) is 0 Å². The SMILES string of the molecule is CCCC1CC[C@@H](C[C@@H](C)[C@@H]2CC(=O)[C@H](C)/C=C(\C)[C@@H](O)[C@@H](OC)C(=O)[C@H](C)C[C@H](C)/C=C/C=C/C=C(\C)[C@@H](OC)CC3CC[C@@H](C)[C@@](O)(O3)C(=O)C(=O)N3CCCCC3C(=O)O2)C[C@H]1OC. The Balaban J connectivity index is 1.70. The molecular formula is C54H85NO12. The van der Waals surface area contributed by atoms with E-state index >= 15 is 0 Å². The molecule has 0 aromatic carbocycles. The number of hydrogen-bond donors (Lipinski definition) is 2. The highest BCUT2D eigenvalue weighted by Gasteiger charge is 2.53. The van der Waals surface area contributed by atoms with E-state index in [4.69, 9.17) is 23.7 Å². The van der Waals surface area contributed by atoms with Crippen molar-refractivity contribution >= 4 is 29.2 Å².